The number of nitrogens with zero attached hydrogens (tertiary/aromatic N) is 1. The Morgan fingerprint density at radius 3 is 2.79 bits per heavy atom. The molecule has 1 saturated heterocycles. The van der Waals surface area contributed by atoms with Gasteiger partial charge in [0.15, 0.2) is 0 Å². The van der Waals surface area contributed by atoms with Crippen LogP contribution >= 0.6 is 0 Å². The Morgan fingerprint density at radius 2 is 2.00 bits per heavy atom. The summed E-state index contributed by atoms with van der Waals surface area (Å²) in [5.41, 5.74) is 2.61. The third-order valence-corrected chi connectivity index (χ3v) is 3.59. The molecule has 106 valence electrons. The molecule has 0 aromatic heterocycles. The van der Waals surface area contributed by atoms with E-state index in [2.05, 4.69) is 41.4 Å². The van der Waals surface area contributed by atoms with E-state index >= 15 is 0 Å². The van der Waals surface area contributed by atoms with Crippen LogP contribution in [0.4, 0.5) is 0 Å². The number of rotatable bonds is 8. The molecule has 0 unspecified atom stereocenters. The first-order chi connectivity index (χ1) is 9.38. The summed E-state index contributed by atoms with van der Waals surface area (Å²) >= 11 is 0. The molecule has 0 saturated carbocycles. The van der Waals surface area contributed by atoms with Gasteiger partial charge in [0.1, 0.15) is 0 Å². The SMILES string of the molecule is CCNCc1cccc(COCCN2CCCC2)c1. The van der Waals surface area contributed by atoms with Gasteiger partial charge >= 0.3 is 0 Å². The topological polar surface area (TPSA) is 24.5 Å². The molecule has 3 heteroatoms. The van der Waals surface area contributed by atoms with Gasteiger partial charge in [-0.3, -0.25) is 0 Å². The van der Waals surface area contributed by atoms with Crippen LogP contribution in [0.2, 0.25) is 0 Å². The monoisotopic (exact) mass is 262 g/mol. The molecule has 3 nitrogen and oxygen atoms in total. The fraction of sp³-hybridized carbons (Fsp3) is 0.625. The molecule has 0 aliphatic carbocycles. The minimum atomic E-state index is 0.730. The molecule has 1 aromatic carbocycles. The molecule has 0 spiro atoms. The van der Waals surface area contributed by atoms with Crippen molar-refractivity contribution >= 4 is 0 Å². The van der Waals surface area contributed by atoms with E-state index in [-0.39, 0.29) is 0 Å². The highest BCUT2D eigenvalue weighted by Gasteiger charge is 2.10. The van der Waals surface area contributed by atoms with Crippen molar-refractivity contribution in [2.75, 3.05) is 32.8 Å². The second kappa shape index (κ2) is 8.31. The Morgan fingerprint density at radius 1 is 1.21 bits per heavy atom. The summed E-state index contributed by atoms with van der Waals surface area (Å²) in [5, 5.41) is 3.35. The minimum Gasteiger partial charge on any atom is -0.375 e. The Hall–Kier alpha value is -0.900. The van der Waals surface area contributed by atoms with Gasteiger partial charge in [-0.2, -0.15) is 0 Å². The zero-order valence-electron chi connectivity index (χ0n) is 12.0. The summed E-state index contributed by atoms with van der Waals surface area (Å²) in [6, 6.07) is 8.66. The fourth-order valence-electron chi connectivity index (χ4n) is 2.49. The minimum absolute atomic E-state index is 0.730. The van der Waals surface area contributed by atoms with Crippen LogP contribution in [0.1, 0.15) is 30.9 Å². The maximum absolute atomic E-state index is 5.78. The Labute approximate surface area is 116 Å². The third kappa shape index (κ3) is 5.31. The quantitative estimate of drug-likeness (QED) is 0.728. The summed E-state index contributed by atoms with van der Waals surface area (Å²) in [5.74, 6) is 0. The van der Waals surface area contributed by atoms with Crippen molar-refractivity contribution in [3.05, 3.63) is 35.4 Å². The number of benzene rings is 1. The summed E-state index contributed by atoms with van der Waals surface area (Å²) in [6.45, 7) is 9.24. The van der Waals surface area contributed by atoms with Crippen molar-refractivity contribution in [2.24, 2.45) is 0 Å². The molecule has 2 rings (SSSR count). The Kier molecular flexibility index (Phi) is 6.34. The molecule has 1 N–H and O–H groups in total. The van der Waals surface area contributed by atoms with Crippen molar-refractivity contribution in [3.8, 4) is 0 Å². The average molecular weight is 262 g/mol. The first-order valence-electron chi connectivity index (χ1n) is 7.47. The molecule has 1 aliphatic heterocycles. The lowest BCUT2D eigenvalue weighted by molar-refractivity contribution is 0.0992. The van der Waals surface area contributed by atoms with Crippen LogP contribution in [0.3, 0.4) is 0 Å². The van der Waals surface area contributed by atoms with Gasteiger partial charge in [-0.05, 0) is 43.6 Å². The Balaban J connectivity index is 1.66. The second-order valence-corrected chi connectivity index (χ2v) is 5.20. The largest absolute Gasteiger partial charge is 0.375 e. The van der Waals surface area contributed by atoms with Crippen molar-refractivity contribution < 1.29 is 4.74 Å². The van der Waals surface area contributed by atoms with Crippen molar-refractivity contribution in [3.63, 3.8) is 0 Å². The van der Waals surface area contributed by atoms with Crippen molar-refractivity contribution in [1.29, 1.82) is 0 Å². The fourth-order valence-corrected chi connectivity index (χ4v) is 2.49. The number of hydrogen-bond acceptors (Lipinski definition) is 3. The molecule has 0 bridgehead atoms. The van der Waals surface area contributed by atoms with Gasteiger partial charge in [-0.25, -0.2) is 0 Å². The maximum atomic E-state index is 5.78. The summed E-state index contributed by atoms with van der Waals surface area (Å²) in [4.78, 5) is 2.49. The average Bonchev–Trinajstić information content (AvgIpc) is 2.95. The lowest BCUT2D eigenvalue weighted by Crippen LogP contribution is -2.23. The van der Waals surface area contributed by atoms with Crippen LogP contribution in [-0.4, -0.2) is 37.7 Å². The summed E-state index contributed by atoms with van der Waals surface area (Å²) in [7, 11) is 0. The highest BCUT2D eigenvalue weighted by Crippen LogP contribution is 2.08. The maximum Gasteiger partial charge on any atom is 0.0717 e. The molecular weight excluding hydrogens is 236 g/mol. The van der Waals surface area contributed by atoms with Gasteiger partial charge < -0.3 is 15.0 Å². The predicted molar refractivity (Wildman–Crippen MR) is 79.2 cm³/mol. The zero-order valence-corrected chi connectivity index (χ0v) is 12.0. The van der Waals surface area contributed by atoms with E-state index in [0.29, 0.717) is 0 Å². The molecule has 1 aliphatic rings. The molecule has 0 atom stereocenters. The normalized spacial score (nSPS) is 16.1. The van der Waals surface area contributed by atoms with Gasteiger partial charge in [-0.1, -0.05) is 31.2 Å². The molecule has 0 amide bonds. The zero-order chi connectivity index (χ0) is 13.3. The van der Waals surface area contributed by atoms with Crippen molar-refractivity contribution in [2.45, 2.75) is 32.9 Å². The number of ether oxygens (including phenoxy) is 1. The van der Waals surface area contributed by atoms with Gasteiger partial charge in [0.05, 0.1) is 13.2 Å². The molecule has 0 radical (unpaired) electrons. The predicted octanol–water partition coefficient (Wildman–Crippen LogP) is 2.41. The van der Waals surface area contributed by atoms with Crippen LogP contribution in [0.5, 0.6) is 0 Å². The van der Waals surface area contributed by atoms with E-state index in [1.54, 1.807) is 0 Å². The number of hydrogen-bond donors (Lipinski definition) is 1. The van der Waals surface area contributed by atoms with Crippen LogP contribution in [0.15, 0.2) is 24.3 Å². The van der Waals surface area contributed by atoms with Gasteiger partial charge in [-0.15, -0.1) is 0 Å². The first-order valence-corrected chi connectivity index (χ1v) is 7.47. The van der Waals surface area contributed by atoms with Gasteiger partial charge in [0.25, 0.3) is 0 Å². The van der Waals surface area contributed by atoms with Crippen LogP contribution in [-0.2, 0) is 17.9 Å². The van der Waals surface area contributed by atoms with E-state index in [0.717, 1.165) is 32.8 Å². The van der Waals surface area contributed by atoms with Crippen LogP contribution < -0.4 is 5.32 Å². The lowest BCUT2D eigenvalue weighted by Gasteiger charge is -2.14. The second-order valence-electron chi connectivity index (χ2n) is 5.20. The van der Waals surface area contributed by atoms with Crippen LogP contribution in [0, 0.1) is 0 Å². The van der Waals surface area contributed by atoms with Crippen LogP contribution in [0.25, 0.3) is 0 Å². The van der Waals surface area contributed by atoms with Gasteiger partial charge in [0, 0.05) is 13.1 Å². The van der Waals surface area contributed by atoms with Gasteiger partial charge in [0.2, 0.25) is 0 Å². The number of nitrogens with one attached hydrogen (secondary N) is 1. The molecule has 1 heterocycles. The van der Waals surface area contributed by atoms with E-state index in [1.807, 2.05) is 0 Å². The summed E-state index contributed by atoms with van der Waals surface area (Å²) in [6.07, 6.45) is 2.71. The smallest absolute Gasteiger partial charge is 0.0717 e. The van der Waals surface area contributed by atoms with E-state index in [4.69, 9.17) is 4.74 Å². The molecule has 1 aromatic rings. The molecule has 19 heavy (non-hydrogen) atoms. The van der Waals surface area contributed by atoms with E-state index in [1.165, 1.54) is 37.1 Å². The molecule has 1 fully saturated rings. The third-order valence-electron chi connectivity index (χ3n) is 3.59. The summed E-state index contributed by atoms with van der Waals surface area (Å²) < 4.78 is 5.78. The Bertz CT molecular complexity index is 362. The standard InChI is InChI=1S/C16H26N2O/c1-2-17-13-15-6-5-7-16(12-15)14-19-11-10-18-8-3-4-9-18/h5-7,12,17H,2-4,8-11,13-14H2,1H3. The van der Waals surface area contributed by atoms with E-state index < -0.39 is 0 Å². The van der Waals surface area contributed by atoms with E-state index in [9.17, 15) is 0 Å². The first kappa shape index (κ1) is 14.5. The lowest BCUT2D eigenvalue weighted by atomic mass is 10.1. The highest BCUT2D eigenvalue weighted by atomic mass is 16.5. The number of likely N-dealkylation sites (tertiary alicyclic amines) is 1. The molecular formula is C16H26N2O. The van der Waals surface area contributed by atoms with Crippen molar-refractivity contribution in [1.82, 2.24) is 10.2 Å². The highest BCUT2D eigenvalue weighted by molar-refractivity contribution is 5.22.